The zero-order chi connectivity index (χ0) is 13.3. The van der Waals surface area contributed by atoms with E-state index in [0.29, 0.717) is 0 Å². The molecule has 0 saturated heterocycles. The Morgan fingerprint density at radius 2 is 2.06 bits per heavy atom. The third kappa shape index (κ3) is 2.25. The van der Waals surface area contributed by atoms with E-state index in [1.54, 1.807) is 0 Å². The standard InChI is InChI=1S/C15H23NO2/c1-15(2,16(3)4)14(17)12-9-5-7-11-8-6-10-18-13(11)12/h5,7,9,14,17H,6,8,10H2,1-4H3. The van der Waals surface area contributed by atoms with Crippen LogP contribution in [-0.4, -0.2) is 36.2 Å². The predicted molar refractivity (Wildman–Crippen MR) is 73.0 cm³/mol. The van der Waals surface area contributed by atoms with Crippen molar-refractivity contribution in [1.82, 2.24) is 4.90 Å². The Morgan fingerprint density at radius 1 is 1.33 bits per heavy atom. The van der Waals surface area contributed by atoms with Crippen molar-refractivity contribution in [2.75, 3.05) is 20.7 Å². The van der Waals surface area contributed by atoms with Crippen LogP contribution < -0.4 is 4.74 Å². The maximum atomic E-state index is 10.7. The third-order valence-electron chi connectivity index (χ3n) is 4.08. The molecule has 18 heavy (non-hydrogen) atoms. The minimum atomic E-state index is -0.555. The van der Waals surface area contributed by atoms with E-state index in [2.05, 4.69) is 6.07 Å². The number of para-hydroxylation sites is 1. The molecule has 1 aliphatic rings. The highest BCUT2D eigenvalue weighted by atomic mass is 16.5. The molecule has 1 aromatic carbocycles. The summed E-state index contributed by atoms with van der Waals surface area (Å²) in [6, 6.07) is 6.07. The second-order valence-electron chi connectivity index (χ2n) is 5.74. The normalized spacial score (nSPS) is 17.2. The van der Waals surface area contributed by atoms with E-state index in [1.807, 2.05) is 45.0 Å². The highest BCUT2D eigenvalue weighted by Crippen LogP contribution is 2.38. The molecule has 1 aliphatic heterocycles. The van der Waals surface area contributed by atoms with Gasteiger partial charge < -0.3 is 14.7 Å². The number of hydrogen-bond donors (Lipinski definition) is 1. The summed E-state index contributed by atoms with van der Waals surface area (Å²) >= 11 is 0. The van der Waals surface area contributed by atoms with Crippen LogP contribution in [0.2, 0.25) is 0 Å². The van der Waals surface area contributed by atoms with Gasteiger partial charge in [-0.25, -0.2) is 0 Å². The van der Waals surface area contributed by atoms with E-state index in [9.17, 15) is 5.11 Å². The van der Waals surface area contributed by atoms with Crippen molar-refractivity contribution in [2.24, 2.45) is 0 Å². The van der Waals surface area contributed by atoms with Crippen LogP contribution >= 0.6 is 0 Å². The molecule has 0 aromatic heterocycles. The Bertz CT molecular complexity index is 427. The smallest absolute Gasteiger partial charge is 0.128 e. The van der Waals surface area contributed by atoms with Crippen molar-refractivity contribution in [3.63, 3.8) is 0 Å². The lowest BCUT2D eigenvalue weighted by molar-refractivity contribution is 0.0143. The van der Waals surface area contributed by atoms with Crippen molar-refractivity contribution >= 4 is 0 Å². The number of benzene rings is 1. The monoisotopic (exact) mass is 249 g/mol. The molecule has 1 N–H and O–H groups in total. The van der Waals surface area contributed by atoms with Crippen molar-refractivity contribution in [1.29, 1.82) is 0 Å². The fraction of sp³-hybridized carbons (Fsp3) is 0.600. The van der Waals surface area contributed by atoms with Crippen molar-refractivity contribution in [3.8, 4) is 5.75 Å². The molecule has 0 saturated carbocycles. The Kier molecular flexibility index (Phi) is 3.64. The number of ether oxygens (including phenoxy) is 1. The SMILES string of the molecule is CN(C)C(C)(C)C(O)c1cccc2c1OCCC2. The van der Waals surface area contributed by atoms with E-state index in [-0.39, 0.29) is 5.54 Å². The van der Waals surface area contributed by atoms with Crippen LogP contribution in [-0.2, 0) is 6.42 Å². The molecule has 3 heteroatoms. The Hall–Kier alpha value is -1.06. The molecule has 3 nitrogen and oxygen atoms in total. The van der Waals surface area contributed by atoms with Crippen LogP contribution in [0.3, 0.4) is 0 Å². The summed E-state index contributed by atoms with van der Waals surface area (Å²) in [6.45, 7) is 4.83. The Morgan fingerprint density at radius 3 is 2.72 bits per heavy atom. The molecule has 1 atom stereocenters. The average molecular weight is 249 g/mol. The molecule has 1 heterocycles. The second-order valence-corrected chi connectivity index (χ2v) is 5.74. The largest absolute Gasteiger partial charge is 0.493 e. The van der Waals surface area contributed by atoms with Crippen LogP contribution in [0.25, 0.3) is 0 Å². The zero-order valence-electron chi connectivity index (χ0n) is 11.7. The van der Waals surface area contributed by atoms with Crippen LogP contribution in [0.4, 0.5) is 0 Å². The summed E-state index contributed by atoms with van der Waals surface area (Å²) in [5.74, 6) is 0.895. The molecule has 0 fully saturated rings. The summed E-state index contributed by atoms with van der Waals surface area (Å²) in [4.78, 5) is 2.04. The number of aliphatic hydroxyl groups excluding tert-OH is 1. The third-order valence-corrected chi connectivity index (χ3v) is 4.08. The first kappa shape index (κ1) is 13.4. The quantitative estimate of drug-likeness (QED) is 0.892. The molecule has 0 amide bonds. The fourth-order valence-electron chi connectivity index (χ4n) is 2.25. The van der Waals surface area contributed by atoms with Crippen LogP contribution in [0.5, 0.6) is 5.75 Å². The van der Waals surface area contributed by atoms with Gasteiger partial charge in [-0.05, 0) is 46.3 Å². The second kappa shape index (κ2) is 4.90. The average Bonchev–Trinajstić information content (AvgIpc) is 2.37. The molecule has 100 valence electrons. The lowest BCUT2D eigenvalue weighted by atomic mass is 9.88. The summed E-state index contributed by atoms with van der Waals surface area (Å²) in [7, 11) is 3.97. The van der Waals surface area contributed by atoms with Crippen LogP contribution in [0.15, 0.2) is 18.2 Å². The number of fused-ring (bicyclic) bond motifs is 1. The van der Waals surface area contributed by atoms with Gasteiger partial charge >= 0.3 is 0 Å². The Labute approximate surface area is 109 Å². The van der Waals surface area contributed by atoms with E-state index >= 15 is 0 Å². The minimum absolute atomic E-state index is 0.323. The topological polar surface area (TPSA) is 32.7 Å². The number of likely N-dealkylation sites (N-methyl/N-ethyl adjacent to an activating group) is 1. The number of nitrogens with zero attached hydrogens (tertiary/aromatic N) is 1. The van der Waals surface area contributed by atoms with Gasteiger partial charge in [0.2, 0.25) is 0 Å². The van der Waals surface area contributed by atoms with Gasteiger partial charge in [-0.2, -0.15) is 0 Å². The summed E-state index contributed by atoms with van der Waals surface area (Å²) in [5, 5.41) is 10.7. The zero-order valence-corrected chi connectivity index (χ0v) is 11.7. The summed E-state index contributed by atoms with van der Waals surface area (Å²) < 4.78 is 5.77. The van der Waals surface area contributed by atoms with Gasteiger partial charge in [0.05, 0.1) is 6.61 Å². The van der Waals surface area contributed by atoms with Gasteiger partial charge in [0.15, 0.2) is 0 Å². The Balaban J connectivity index is 2.39. The van der Waals surface area contributed by atoms with Gasteiger partial charge in [-0.15, -0.1) is 0 Å². The van der Waals surface area contributed by atoms with E-state index < -0.39 is 6.10 Å². The van der Waals surface area contributed by atoms with Crippen molar-refractivity contribution in [3.05, 3.63) is 29.3 Å². The molecule has 1 aromatic rings. The molecular formula is C15H23NO2. The first-order valence-corrected chi connectivity index (χ1v) is 6.54. The predicted octanol–water partition coefficient (Wildman–Crippen LogP) is 2.39. The maximum absolute atomic E-state index is 10.7. The van der Waals surface area contributed by atoms with Crippen molar-refractivity contribution in [2.45, 2.75) is 38.3 Å². The molecule has 2 rings (SSSR count). The molecule has 0 bridgehead atoms. The van der Waals surface area contributed by atoms with Gasteiger partial charge in [-0.1, -0.05) is 18.2 Å². The lowest BCUT2D eigenvalue weighted by Gasteiger charge is -2.38. The van der Waals surface area contributed by atoms with Crippen LogP contribution in [0.1, 0.15) is 37.5 Å². The highest BCUT2D eigenvalue weighted by Gasteiger charge is 2.34. The van der Waals surface area contributed by atoms with E-state index in [1.165, 1.54) is 5.56 Å². The molecular weight excluding hydrogens is 226 g/mol. The number of hydrogen-bond acceptors (Lipinski definition) is 3. The number of rotatable bonds is 3. The molecule has 0 spiro atoms. The number of aryl methyl sites for hydroxylation is 1. The highest BCUT2D eigenvalue weighted by molar-refractivity contribution is 5.44. The lowest BCUT2D eigenvalue weighted by Crippen LogP contribution is -2.44. The molecule has 1 unspecified atom stereocenters. The van der Waals surface area contributed by atoms with E-state index in [0.717, 1.165) is 30.8 Å². The summed E-state index contributed by atoms with van der Waals surface area (Å²) in [6.07, 6.45) is 1.54. The van der Waals surface area contributed by atoms with E-state index in [4.69, 9.17) is 4.74 Å². The maximum Gasteiger partial charge on any atom is 0.128 e. The number of aliphatic hydroxyl groups is 1. The molecule has 0 aliphatic carbocycles. The van der Waals surface area contributed by atoms with Gasteiger partial charge in [0.25, 0.3) is 0 Å². The van der Waals surface area contributed by atoms with Crippen molar-refractivity contribution < 1.29 is 9.84 Å². The first-order chi connectivity index (χ1) is 8.44. The first-order valence-electron chi connectivity index (χ1n) is 6.54. The van der Waals surface area contributed by atoms with Crippen LogP contribution in [0, 0.1) is 0 Å². The van der Waals surface area contributed by atoms with Gasteiger partial charge in [0, 0.05) is 11.1 Å². The summed E-state index contributed by atoms with van der Waals surface area (Å²) in [5.41, 5.74) is 1.80. The van der Waals surface area contributed by atoms with Gasteiger partial charge in [-0.3, -0.25) is 0 Å². The van der Waals surface area contributed by atoms with Gasteiger partial charge in [0.1, 0.15) is 11.9 Å². The fourth-order valence-corrected chi connectivity index (χ4v) is 2.25. The molecule has 0 radical (unpaired) electrons. The minimum Gasteiger partial charge on any atom is -0.493 e.